The lowest BCUT2D eigenvalue weighted by molar-refractivity contribution is -0.126. The summed E-state index contributed by atoms with van der Waals surface area (Å²) in [5.74, 6) is -0.200. The fourth-order valence-corrected chi connectivity index (χ4v) is 1.90. The average Bonchev–Trinajstić information content (AvgIpc) is 2.36. The standard InChI is InChI=1S/C16H25NO3/c1-16(2,3)9-14(18)10-17-15(19)12-20-11-13-7-5-4-6-8-13/h4-8,14,18H,9-12H2,1-3H3,(H,17,19)/t14-/m0/s1. The van der Waals surface area contributed by atoms with Crippen LogP contribution in [0.25, 0.3) is 0 Å². The fourth-order valence-electron chi connectivity index (χ4n) is 1.90. The molecule has 0 aliphatic heterocycles. The molecular formula is C16H25NO3. The van der Waals surface area contributed by atoms with Gasteiger partial charge in [0.2, 0.25) is 5.91 Å². The van der Waals surface area contributed by atoms with Gasteiger partial charge in [0.25, 0.3) is 0 Å². The molecule has 0 bridgehead atoms. The largest absolute Gasteiger partial charge is 0.391 e. The Labute approximate surface area is 121 Å². The molecule has 112 valence electrons. The first-order valence-corrected chi connectivity index (χ1v) is 6.93. The van der Waals surface area contributed by atoms with Crippen LogP contribution in [0.1, 0.15) is 32.8 Å². The number of amides is 1. The van der Waals surface area contributed by atoms with E-state index < -0.39 is 6.10 Å². The number of ether oxygens (including phenoxy) is 1. The Morgan fingerprint density at radius 2 is 1.95 bits per heavy atom. The van der Waals surface area contributed by atoms with E-state index in [0.29, 0.717) is 13.0 Å². The van der Waals surface area contributed by atoms with Crippen LogP contribution in [0.2, 0.25) is 0 Å². The smallest absolute Gasteiger partial charge is 0.246 e. The molecule has 0 spiro atoms. The van der Waals surface area contributed by atoms with E-state index in [0.717, 1.165) is 5.56 Å². The molecule has 0 saturated carbocycles. The summed E-state index contributed by atoms with van der Waals surface area (Å²) in [5.41, 5.74) is 1.08. The summed E-state index contributed by atoms with van der Waals surface area (Å²) in [5, 5.41) is 12.5. The monoisotopic (exact) mass is 279 g/mol. The molecule has 1 atom stereocenters. The van der Waals surface area contributed by atoms with Crippen LogP contribution >= 0.6 is 0 Å². The molecule has 4 heteroatoms. The highest BCUT2D eigenvalue weighted by atomic mass is 16.5. The number of hydrogen-bond acceptors (Lipinski definition) is 3. The summed E-state index contributed by atoms with van der Waals surface area (Å²) in [7, 11) is 0. The van der Waals surface area contributed by atoms with Gasteiger partial charge in [0.1, 0.15) is 6.61 Å². The van der Waals surface area contributed by atoms with Crippen LogP contribution < -0.4 is 5.32 Å². The van der Waals surface area contributed by atoms with Gasteiger partial charge < -0.3 is 15.2 Å². The van der Waals surface area contributed by atoms with Gasteiger partial charge >= 0.3 is 0 Å². The number of aliphatic hydroxyl groups is 1. The lowest BCUT2D eigenvalue weighted by atomic mass is 9.89. The van der Waals surface area contributed by atoms with Gasteiger partial charge in [-0.2, -0.15) is 0 Å². The molecule has 0 aliphatic rings. The maximum atomic E-state index is 11.6. The molecule has 2 N–H and O–H groups in total. The Morgan fingerprint density at radius 1 is 1.30 bits per heavy atom. The second-order valence-corrected chi connectivity index (χ2v) is 6.20. The van der Waals surface area contributed by atoms with Crippen molar-refractivity contribution in [3.05, 3.63) is 35.9 Å². The maximum Gasteiger partial charge on any atom is 0.246 e. The second kappa shape index (κ2) is 8.02. The fraction of sp³-hybridized carbons (Fsp3) is 0.562. The topological polar surface area (TPSA) is 58.6 Å². The van der Waals surface area contributed by atoms with E-state index >= 15 is 0 Å². The third-order valence-electron chi connectivity index (χ3n) is 2.73. The van der Waals surface area contributed by atoms with Gasteiger partial charge in [0.05, 0.1) is 12.7 Å². The predicted molar refractivity (Wildman–Crippen MR) is 79.2 cm³/mol. The molecule has 0 saturated heterocycles. The lowest BCUT2D eigenvalue weighted by Crippen LogP contribution is -2.36. The van der Waals surface area contributed by atoms with Crippen molar-refractivity contribution in [3.8, 4) is 0 Å². The Kier molecular flexibility index (Phi) is 6.68. The van der Waals surface area contributed by atoms with Crippen molar-refractivity contribution < 1.29 is 14.6 Å². The zero-order chi connectivity index (χ0) is 15.0. The number of carbonyl (C=O) groups excluding carboxylic acids is 1. The zero-order valence-electron chi connectivity index (χ0n) is 12.6. The highest BCUT2D eigenvalue weighted by Crippen LogP contribution is 2.20. The summed E-state index contributed by atoms with van der Waals surface area (Å²) in [6, 6.07) is 9.70. The van der Waals surface area contributed by atoms with Crippen molar-refractivity contribution >= 4 is 5.91 Å². The number of carbonyl (C=O) groups is 1. The highest BCUT2D eigenvalue weighted by molar-refractivity contribution is 5.77. The number of aliphatic hydroxyl groups excluding tert-OH is 1. The molecule has 1 aromatic carbocycles. The van der Waals surface area contributed by atoms with Crippen LogP contribution in [0.4, 0.5) is 0 Å². The molecule has 1 aromatic rings. The molecule has 1 rings (SSSR count). The number of benzene rings is 1. The first-order chi connectivity index (χ1) is 9.37. The molecule has 0 heterocycles. The molecule has 20 heavy (non-hydrogen) atoms. The van der Waals surface area contributed by atoms with Crippen molar-refractivity contribution in [2.24, 2.45) is 5.41 Å². The van der Waals surface area contributed by atoms with Crippen molar-refractivity contribution in [1.29, 1.82) is 0 Å². The van der Waals surface area contributed by atoms with E-state index in [1.165, 1.54) is 0 Å². The van der Waals surface area contributed by atoms with Crippen molar-refractivity contribution in [2.75, 3.05) is 13.2 Å². The maximum absolute atomic E-state index is 11.6. The molecule has 0 radical (unpaired) electrons. The van der Waals surface area contributed by atoms with Crippen LogP contribution in [-0.4, -0.2) is 30.3 Å². The molecule has 0 unspecified atom stereocenters. The van der Waals surface area contributed by atoms with Crippen molar-refractivity contribution in [2.45, 2.75) is 39.9 Å². The third kappa shape index (κ3) is 7.92. The van der Waals surface area contributed by atoms with E-state index in [9.17, 15) is 9.90 Å². The minimum atomic E-state index is -0.520. The summed E-state index contributed by atoms with van der Waals surface area (Å²) in [6.45, 7) is 6.86. The Hall–Kier alpha value is -1.39. The Bertz CT molecular complexity index is 398. The van der Waals surface area contributed by atoms with Gasteiger partial charge in [0.15, 0.2) is 0 Å². The van der Waals surface area contributed by atoms with E-state index in [-0.39, 0.29) is 24.5 Å². The van der Waals surface area contributed by atoms with Gasteiger partial charge in [-0.3, -0.25) is 4.79 Å². The van der Waals surface area contributed by atoms with Gasteiger partial charge in [-0.25, -0.2) is 0 Å². The number of hydrogen-bond donors (Lipinski definition) is 2. The van der Waals surface area contributed by atoms with E-state index in [4.69, 9.17) is 4.74 Å². The first kappa shape index (κ1) is 16.7. The quantitative estimate of drug-likeness (QED) is 0.803. The molecular weight excluding hydrogens is 254 g/mol. The third-order valence-corrected chi connectivity index (χ3v) is 2.73. The summed E-state index contributed by atoms with van der Waals surface area (Å²) < 4.78 is 5.32. The first-order valence-electron chi connectivity index (χ1n) is 6.93. The molecule has 1 amide bonds. The van der Waals surface area contributed by atoms with E-state index in [1.54, 1.807) is 0 Å². The van der Waals surface area contributed by atoms with Gasteiger partial charge in [-0.15, -0.1) is 0 Å². The molecule has 0 fully saturated rings. The van der Waals surface area contributed by atoms with Gasteiger partial charge in [0, 0.05) is 6.54 Å². The van der Waals surface area contributed by atoms with Crippen LogP contribution in [0, 0.1) is 5.41 Å². The highest BCUT2D eigenvalue weighted by Gasteiger charge is 2.17. The van der Waals surface area contributed by atoms with Crippen molar-refractivity contribution in [1.82, 2.24) is 5.32 Å². The van der Waals surface area contributed by atoms with Crippen LogP contribution in [0.3, 0.4) is 0 Å². The van der Waals surface area contributed by atoms with Crippen LogP contribution in [0.15, 0.2) is 30.3 Å². The van der Waals surface area contributed by atoms with Crippen LogP contribution in [-0.2, 0) is 16.1 Å². The van der Waals surface area contributed by atoms with E-state index in [1.807, 2.05) is 30.3 Å². The minimum absolute atomic E-state index is 0.0110. The molecule has 4 nitrogen and oxygen atoms in total. The molecule has 0 aromatic heterocycles. The Morgan fingerprint density at radius 3 is 2.55 bits per heavy atom. The average molecular weight is 279 g/mol. The summed E-state index contributed by atoms with van der Waals surface area (Å²) in [4.78, 5) is 11.6. The summed E-state index contributed by atoms with van der Waals surface area (Å²) >= 11 is 0. The van der Waals surface area contributed by atoms with Crippen LogP contribution in [0.5, 0.6) is 0 Å². The van der Waals surface area contributed by atoms with Gasteiger partial charge in [-0.05, 0) is 17.4 Å². The number of rotatable bonds is 7. The SMILES string of the molecule is CC(C)(C)C[C@H](O)CNC(=O)COCc1ccccc1. The molecule has 0 aliphatic carbocycles. The zero-order valence-corrected chi connectivity index (χ0v) is 12.6. The van der Waals surface area contributed by atoms with Crippen molar-refractivity contribution in [3.63, 3.8) is 0 Å². The van der Waals surface area contributed by atoms with E-state index in [2.05, 4.69) is 26.1 Å². The summed E-state index contributed by atoms with van der Waals surface area (Å²) in [6.07, 6.45) is 0.131. The Balaban J connectivity index is 2.14. The predicted octanol–water partition coefficient (Wildman–Crippen LogP) is 2.12. The second-order valence-electron chi connectivity index (χ2n) is 6.20. The van der Waals surface area contributed by atoms with Gasteiger partial charge in [-0.1, -0.05) is 51.1 Å². The lowest BCUT2D eigenvalue weighted by Gasteiger charge is -2.22. The minimum Gasteiger partial charge on any atom is -0.391 e. The normalized spacial score (nSPS) is 13.0. The number of nitrogens with one attached hydrogen (secondary N) is 1.